The van der Waals surface area contributed by atoms with E-state index in [0.29, 0.717) is 17.9 Å². The summed E-state index contributed by atoms with van der Waals surface area (Å²) in [6, 6.07) is 6.95. The first-order chi connectivity index (χ1) is 16.4. The summed E-state index contributed by atoms with van der Waals surface area (Å²) in [6.45, 7) is 14.0. The van der Waals surface area contributed by atoms with Crippen molar-refractivity contribution in [3.63, 3.8) is 0 Å². The van der Waals surface area contributed by atoms with Crippen molar-refractivity contribution in [1.82, 2.24) is 10.1 Å². The molecule has 4 aliphatic rings. The molecule has 0 unspecified atom stereocenters. The van der Waals surface area contributed by atoms with Gasteiger partial charge in [0, 0.05) is 41.8 Å². The van der Waals surface area contributed by atoms with Crippen molar-refractivity contribution >= 4 is 17.3 Å². The van der Waals surface area contributed by atoms with Gasteiger partial charge in [-0.05, 0) is 56.1 Å². The number of halogens is 2. The lowest BCUT2D eigenvalue weighted by Crippen LogP contribution is -2.53. The first-order valence-corrected chi connectivity index (χ1v) is 12.5. The average Bonchev–Trinajstić information content (AvgIpc) is 3.34. The quantitative estimate of drug-likeness (QED) is 0.451. The van der Waals surface area contributed by atoms with Gasteiger partial charge in [0.25, 0.3) is 0 Å². The molecule has 0 atom stereocenters. The lowest BCUT2D eigenvalue weighted by Gasteiger charge is -2.53. The van der Waals surface area contributed by atoms with Gasteiger partial charge in [-0.1, -0.05) is 38.1 Å². The van der Waals surface area contributed by atoms with Crippen LogP contribution in [-0.4, -0.2) is 28.5 Å². The minimum Gasteiger partial charge on any atom is -0.339 e. The van der Waals surface area contributed by atoms with Gasteiger partial charge in [-0.2, -0.15) is 4.98 Å². The molecular formula is C27H32F2N4O2. The van der Waals surface area contributed by atoms with Crippen LogP contribution in [0.3, 0.4) is 0 Å². The van der Waals surface area contributed by atoms with Crippen molar-refractivity contribution in [2.45, 2.75) is 88.9 Å². The molecule has 6 nitrogen and oxygen atoms in total. The average molecular weight is 483 g/mol. The molecule has 186 valence electrons. The highest BCUT2D eigenvalue weighted by molar-refractivity contribution is 5.96. The Morgan fingerprint density at radius 2 is 1.83 bits per heavy atom. The summed E-state index contributed by atoms with van der Waals surface area (Å²) in [4.78, 5) is 23.4. The van der Waals surface area contributed by atoms with E-state index >= 15 is 0 Å². The fourth-order valence-electron chi connectivity index (χ4n) is 5.98. The van der Waals surface area contributed by atoms with Crippen LogP contribution in [0.5, 0.6) is 0 Å². The molecule has 0 radical (unpaired) electrons. The molecule has 4 saturated carbocycles. The number of alkyl halides is 2. The van der Waals surface area contributed by atoms with Crippen LogP contribution in [0.2, 0.25) is 0 Å². The van der Waals surface area contributed by atoms with Gasteiger partial charge >= 0.3 is 0 Å². The van der Waals surface area contributed by atoms with E-state index in [1.165, 1.54) is 0 Å². The van der Waals surface area contributed by atoms with E-state index in [1.54, 1.807) is 23.1 Å². The zero-order chi connectivity index (χ0) is 25.1. The van der Waals surface area contributed by atoms with Crippen molar-refractivity contribution in [3.05, 3.63) is 47.4 Å². The van der Waals surface area contributed by atoms with Crippen LogP contribution in [0.4, 0.5) is 20.2 Å². The lowest BCUT2D eigenvalue weighted by atomic mass is 9.53. The summed E-state index contributed by atoms with van der Waals surface area (Å²) in [5, 5.41) is 4.24. The standard InChI is InChI=1S/C27H32F2N4O2/c1-24(2,3)22-31-23(35-32-22)26-11-8-25(9-12-26,10-13-26)17-33(20-7-5-6-19(14-20)30-4)21(34)18-15-27(28,29)16-18/h5-7,14,18H,8-13,15-17H2,1-3H3. The highest BCUT2D eigenvalue weighted by atomic mass is 19.3. The topological polar surface area (TPSA) is 63.6 Å². The van der Waals surface area contributed by atoms with Gasteiger partial charge < -0.3 is 9.42 Å². The van der Waals surface area contributed by atoms with Gasteiger partial charge in [0.05, 0.1) is 6.57 Å². The largest absolute Gasteiger partial charge is 0.339 e. The molecule has 35 heavy (non-hydrogen) atoms. The van der Waals surface area contributed by atoms with Crippen LogP contribution >= 0.6 is 0 Å². The first kappa shape index (κ1) is 23.9. The minimum absolute atomic E-state index is 0.0787. The molecule has 1 aromatic heterocycles. The lowest BCUT2D eigenvalue weighted by molar-refractivity contribution is -0.148. The van der Waals surface area contributed by atoms with E-state index in [0.717, 1.165) is 50.2 Å². The van der Waals surface area contributed by atoms with Gasteiger partial charge in [0.1, 0.15) is 0 Å². The van der Waals surface area contributed by atoms with Gasteiger partial charge in [-0.15, -0.1) is 0 Å². The summed E-state index contributed by atoms with van der Waals surface area (Å²) >= 11 is 0. The zero-order valence-corrected chi connectivity index (χ0v) is 20.6. The number of fused-ring (bicyclic) bond motifs is 3. The number of nitrogens with zero attached hydrogens (tertiary/aromatic N) is 4. The van der Waals surface area contributed by atoms with Gasteiger partial charge in [-0.3, -0.25) is 4.79 Å². The molecule has 6 rings (SSSR count). The van der Waals surface area contributed by atoms with E-state index < -0.39 is 24.7 Å². The summed E-state index contributed by atoms with van der Waals surface area (Å²) < 4.78 is 32.9. The molecule has 0 N–H and O–H groups in total. The summed E-state index contributed by atoms with van der Waals surface area (Å²) in [6.07, 6.45) is 4.66. The smallest absolute Gasteiger partial charge is 0.249 e. The van der Waals surface area contributed by atoms with Crippen LogP contribution in [0.15, 0.2) is 28.8 Å². The second kappa shape index (κ2) is 8.11. The third kappa shape index (κ3) is 4.34. The Labute approximate surface area is 204 Å². The number of carbonyl (C=O) groups is 1. The predicted octanol–water partition coefficient (Wildman–Crippen LogP) is 6.59. The third-order valence-electron chi connectivity index (χ3n) is 8.42. The first-order valence-electron chi connectivity index (χ1n) is 12.5. The van der Waals surface area contributed by atoms with Crippen molar-refractivity contribution in [3.8, 4) is 0 Å². The fraction of sp³-hybridized carbons (Fsp3) is 0.630. The van der Waals surface area contributed by atoms with Crippen LogP contribution in [0, 0.1) is 17.9 Å². The second-order valence-electron chi connectivity index (χ2n) is 12.0. The molecule has 2 aromatic rings. The number of anilines is 1. The normalized spacial score (nSPS) is 27.8. The van der Waals surface area contributed by atoms with Crippen LogP contribution in [0.25, 0.3) is 4.85 Å². The van der Waals surface area contributed by atoms with E-state index in [2.05, 4.69) is 30.8 Å². The molecule has 1 heterocycles. The zero-order valence-electron chi connectivity index (χ0n) is 20.6. The molecule has 2 bridgehead atoms. The summed E-state index contributed by atoms with van der Waals surface area (Å²) in [5.41, 5.74) is 0.693. The van der Waals surface area contributed by atoms with E-state index in [1.807, 2.05) is 6.07 Å². The number of rotatable bonds is 5. The maximum Gasteiger partial charge on any atom is 0.249 e. The summed E-state index contributed by atoms with van der Waals surface area (Å²) in [5.74, 6) is -2.23. The molecule has 0 saturated heterocycles. The Hall–Kier alpha value is -2.82. The Bertz CT molecular complexity index is 1140. The number of hydrogen-bond acceptors (Lipinski definition) is 4. The Morgan fingerprint density at radius 1 is 1.17 bits per heavy atom. The highest BCUT2D eigenvalue weighted by Gasteiger charge is 2.55. The number of hydrogen-bond donors (Lipinski definition) is 0. The summed E-state index contributed by atoms with van der Waals surface area (Å²) in [7, 11) is 0. The predicted molar refractivity (Wildman–Crippen MR) is 128 cm³/mol. The minimum atomic E-state index is -2.76. The van der Waals surface area contributed by atoms with Gasteiger partial charge in [0.15, 0.2) is 11.5 Å². The molecule has 4 fully saturated rings. The SMILES string of the molecule is [C-]#[N+]c1cccc(N(CC23CCC(c4nc(C(C)(C)C)no4)(CC2)CC3)C(=O)C2CC(F)(F)C2)c1. The van der Waals surface area contributed by atoms with Crippen molar-refractivity contribution in [1.29, 1.82) is 0 Å². The Kier molecular flexibility index (Phi) is 5.54. The molecule has 1 aromatic carbocycles. The highest BCUT2D eigenvalue weighted by Crippen LogP contribution is 2.58. The van der Waals surface area contributed by atoms with Gasteiger partial charge in [0.2, 0.25) is 17.7 Å². The van der Waals surface area contributed by atoms with Crippen molar-refractivity contribution < 1.29 is 18.1 Å². The van der Waals surface area contributed by atoms with Crippen LogP contribution in [-0.2, 0) is 15.6 Å². The van der Waals surface area contributed by atoms with E-state index in [4.69, 9.17) is 16.1 Å². The van der Waals surface area contributed by atoms with Gasteiger partial charge in [-0.25, -0.2) is 13.6 Å². The molecule has 0 aliphatic heterocycles. The number of aromatic nitrogens is 2. The number of carbonyl (C=O) groups excluding carboxylic acids is 1. The fourth-order valence-corrected chi connectivity index (χ4v) is 5.98. The molecule has 8 heteroatoms. The monoisotopic (exact) mass is 482 g/mol. The number of amides is 1. The Balaban J connectivity index is 1.37. The third-order valence-corrected chi connectivity index (χ3v) is 8.42. The Morgan fingerprint density at radius 3 is 2.37 bits per heavy atom. The second-order valence-corrected chi connectivity index (χ2v) is 12.0. The maximum absolute atomic E-state index is 13.6. The molecule has 0 spiro atoms. The van der Waals surface area contributed by atoms with Crippen molar-refractivity contribution in [2.75, 3.05) is 11.4 Å². The molecular weight excluding hydrogens is 450 g/mol. The number of benzene rings is 1. The molecule has 1 amide bonds. The van der Waals surface area contributed by atoms with Crippen LogP contribution in [0.1, 0.15) is 83.9 Å². The van der Waals surface area contributed by atoms with Crippen molar-refractivity contribution in [2.24, 2.45) is 11.3 Å². The molecule has 4 aliphatic carbocycles. The van der Waals surface area contributed by atoms with E-state index in [9.17, 15) is 13.6 Å². The van der Waals surface area contributed by atoms with E-state index in [-0.39, 0.29) is 22.2 Å². The maximum atomic E-state index is 13.6. The van der Waals surface area contributed by atoms with Crippen LogP contribution < -0.4 is 4.90 Å².